The SMILES string of the molecule is CCCC1(C(=O)O)CCCN1Cc1cc(F)cc(C#N)c1. The number of carbonyl (C=O) groups is 1. The van der Waals surface area contributed by atoms with Crippen LogP contribution in [0.4, 0.5) is 4.39 Å². The van der Waals surface area contributed by atoms with Crippen LogP contribution in [0.5, 0.6) is 0 Å². The van der Waals surface area contributed by atoms with Crippen LogP contribution in [0.25, 0.3) is 0 Å². The largest absolute Gasteiger partial charge is 0.480 e. The maximum Gasteiger partial charge on any atom is 0.324 e. The lowest BCUT2D eigenvalue weighted by Crippen LogP contribution is -2.50. The molecule has 1 heterocycles. The Morgan fingerprint density at radius 3 is 2.90 bits per heavy atom. The minimum atomic E-state index is -0.853. The van der Waals surface area contributed by atoms with Gasteiger partial charge in [-0.25, -0.2) is 4.39 Å². The zero-order chi connectivity index (χ0) is 15.5. The number of likely N-dealkylation sites (tertiary alicyclic amines) is 1. The normalized spacial score (nSPS) is 22.1. The molecule has 0 bridgehead atoms. The van der Waals surface area contributed by atoms with E-state index in [9.17, 15) is 14.3 Å². The number of rotatable bonds is 5. The molecule has 1 aromatic rings. The molecule has 0 radical (unpaired) electrons. The number of carboxylic acid groups (broad SMARTS) is 1. The molecule has 1 N–H and O–H groups in total. The first-order chi connectivity index (χ1) is 10.0. The summed E-state index contributed by atoms with van der Waals surface area (Å²) in [6, 6.07) is 6.11. The summed E-state index contributed by atoms with van der Waals surface area (Å²) in [5.41, 5.74) is 0.0595. The van der Waals surface area contributed by atoms with E-state index in [1.165, 1.54) is 12.1 Å². The van der Waals surface area contributed by atoms with Gasteiger partial charge in [-0.1, -0.05) is 13.3 Å². The van der Waals surface area contributed by atoms with Crippen molar-refractivity contribution in [2.45, 2.75) is 44.7 Å². The van der Waals surface area contributed by atoms with Gasteiger partial charge in [-0.15, -0.1) is 0 Å². The Hall–Kier alpha value is -1.93. The van der Waals surface area contributed by atoms with Gasteiger partial charge in [0.05, 0.1) is 11.6 Å². The second kappa shape index (κ2) is 6.23. The summed E-state index contributed by atoms with van der Waals surface area (Å²) in [5, 5.41) is 18.5. The molecule has 2 rings (SSSR count). The number of hydrogen-bond acceptors (Lipinski definition) is 3. The Kier molecular flexibility index (Phi) is 4.59. The molecule has 1 atom stereocenters. The van der Waals surface area contributed by atoms with Gasteiger partial charge in [-0.2, -0.15) is 5.26 Å². The van der Waals surface area contributed by atoms with Gasteiger partial charge in [-0.3, -0.25) is 9.69 Å². The summed E-state index contributed by atoms with van der Waals surface area (Å²) in [5.74, 6) is -1.27. The van der Waals surface area contributed by atoms with Crippen molar-refractivity contribution in [3.63, 3.8) is 0 Å². The Bertz CT molecular complexity index is 582. The van der Waals surface area contributed by atoms with Crippen molar-refractivity contribution in [3.8, 4) is 6.07 Å². The van der Waals surface area contributed by atoms with Crippen LogP contribution in [0.2, 0.25) is 0 Å². The zero-order valence-electron chi connectivity index (χ0n) is 12.1. The van der Waals surface area contributed by atoms with Gasteiger partial charge >= 0.3 is 5.97 Å². The first-order valence-electron chi connectivity index (χ1n) is 7.20. The van der Waals surface area contributed by atoms with Gasteiger partial charge in [0, 0.05) is 6.54 Å². The zero-order valence-corrected chi connectivity index (χ0v) is 12.1. The molecule has 1 fully saturated rings. The minimum Gasteiger partial charge on any atom is -0.480 e. The highest BCUT2D eigenvalue weighted by molar-refractivity contribution is 5.79. The molecular weight excluding hydrogens is 271 g/mol. The average molecular weight is 290 g/mol. The Labute approximate surface area is 123 Å². The molecule has 4 nitrogen and oxygen atoms in total. The van der Waals surface area contributed by atoms with E-state index in [-0.39, 0.29) is 5.56 Å². The second-order valence-corrected chi connectivity index (χ2v) is 5.57. The van der Waals surface area contributed by atoms with Crippen molar-refractivity contribution >= 4 is 5.97 Å². The third-order valence-corrected chi connectivity index (χ3v) is 4.15. The topological polar surface area (TPSA) is 64.3 Å². The number of nitrogens with zero attached hydrogens (tertiary/aromatic N) is 2. The lowest BCUT2D eigenvalue weighted by atomic mass is 9.90. The van der Waals surface area contributed by atoms with E-state index in [4.69, 9.17) is 5.26 Å². The first kappa shape index (κ1) is 15.5. The van der Waals surface area contributed by atoms with E-state index in [1.807, 2.05) is 17.9 Å². The van der Waals surface area contributed by atoms with E-state index in [1.54, 1.807) is 6.07 Å². The van der Waals surface area contributed by atoms with E-state index in [0.29, 0.717) is 31.5 Å². The molecule has 0 saturated carbocycles. The molecule has 0 aliphatic carbocycles. The molecule has 1 unspecified atom stereocenters. The number of hydrogen-bond donors (Lipinski definition) is 1. The summed E-state index contributed by atoms with van der Waals surface area (Å²) in [6.07, 6.45) is 2.82. The minimum absolute atomic E-state index is 0.264. The van der Waals surface area contributed by atoms with Crippen molar-refractivity contribution < 1.29 is 14.3 Å². The maximum atomic E-state index is 13.5. The van der Waals surface area contributed by atoms with Gasteiger partial charge in [-0.05, 0) is 49.6 Å². The summed E-state index contributed by atoms with van der Waals surface area (Å²) < 4.78 is 13.5. The first-order valence-corrected chi connectivity index (χ1v) is 7.20. The third-order valence-electron chi connectivity index (χ3n) is 4.15. The molecule has 1 aliphatic heterocycles. The van der Waals surface area contributed by atoms with Crippen molar-refractivity contribution in [2.24, 2.45) is 0 Å². The van der Waals surface area contributed by atoms with E-state index in [0.717, 1.165) is 12.8 Å². The van der Waals surface area contributed by atoms with Crippen LogP contribution in [0.1, 0.15) is 43.7 Å². The summed E-state index contributed by atoms with van der Waals surface area (Å²) >= 11 is 0. The lowest BCUT2D eigenvalue weighted by Gasteiger charge is -2.34. The van der Waals surface area contributed by atoms with Gasteiger partial charge in [0.1, 0.15) is 11.4 Å². The maximum absolute atomic E-state index is 13.5. The standard InChI is InChI=1S/C16H19FN2O2/c1-2-4-16(15(20)21)5-3-6-19(16)11-13-7-12(10-18)8-14(17)9-13/h7-9H,2-6,11H2,1H3,(H,20,21). The highest BCUT2D eigenvalue weighted by atomic mass is 19.1. The number of nitriles is 1. The Morgan fingerprint density at radius 1 is 1.52 bits per heavy atom. The summed E-state index contributed by atoms with van der Waals surface area (Å²) in [7, 11) is 0. The molecule has 0 amide bonds. The van der Waals surface area contributed by atoms with Gasteiger partial charge in [0.15, 0.2) is 0 Å². The molecule has 1 aromatic carbocycles. The van der Waals surface area contributed by atoms with Crippen LogP contribution >= 0.6 is 0 Å². The fourth-order valence-electron chi connectivity index (χ4n) is 3.24. The molecule has 1 saturated heterocycles. The fraction of sp³-hybridized carbons (Fsp3) is 0.500. The highest BCUT2D eigenvalue weighted by Gasteiger charge is 2.46. The quantitative estimate of drug-likeness (QED) is 0.905. The highest BCUT2D eigenvalue weighted by Crippen LogP contribution is 2.35. The van der Waals surface area contributed by atoms with E-state index >= 15 is 0 Å². The van der Waals surface area contributed by atoms with Crippen LogP contribution in [0, 0.1) is 17.1 Å². The van der Waals surface area contributed by atoms with Crippen LogP contribution in [-0.2, 0) is 11.3 Å². The second-order valence-electron chi connectivity index (χ2n) is 5.57. The molecule has 0 spiro atoms. The Morgan fingerprint density at radius 2 is 2.29 bits per heavy atom. The predicted octanol–water partition coefficient (Wildman–Crippen LogP) is 2.92. The van der Waals surface area contributed by atoms with E-state index in [2.05, 4.69) is 0 Å². The number of carboxylic acids is 1. The fourth-order valence-corrected chi connectivity index (χ4v) is 3.24. The van der Waals surface area contributed by atoms with Crippen LogP contribution in [-0.4, -0.2) is 28.1 Å². The molecule has 0 aromatic heterocycles. The number of aliphatic carboxylic acids is 1. The molecule has 1 aliphatic rings. The third kappa shape index (κ3) is 3.06. The van der Waals surface area contributed by atoms with Crippen molar-refractivity contribution in [1.82, 2.24) is 4.90 Å². The van der Waals surface area contributed by atoms with Gasteiger partial charge in [0.2, 0.25) is 0 Å². The summed E-state index contributed by atoms with van der Waals surface area (Å²) in [4.78, 5) is 13.6. The molecule has 21 heavy (non-hydrogen) atoms. The van der Waals surface area contributed by atoms with Gasteiger partial charge in [0.25, 0.3) is 0 Å². The van der Waals surface area contributed by atoms with Crippen molar-refractivity contribution in [3.05, 3.63) is 35.1 Å². The van der Waals surface area contributed by atoms with Crippen LogP contribution in [0.3, 0.4) is 0 Å². The average Bonchev–Trinajstić information content (AvgIpc) is 2.82. The number of halogens is 1. The monoisotopic (exact) mass is 290 g/mol. The Balaban J connectivity index is 2.27. The van der Waals surface area contributed by atoms with Crippen LogP contribution in [0.15, 0.2) is 18.2 Å². The predicted molar refractivity (Wildman–Crippen MR) is 76.0 cm³/mol. The smallest absolute Gasteiger partial charge is 0.324 e. The molecule has 112 valence electrons. The van der Waals surface area contributed by atoms with Crippen LogP contribution < -0.4 is 0 Å². The molecule has 5 heteroatoms. The van der Waals surface area contributed by atoms with Crippen molar-refractivity contribution in [1.29, 1.82) is 5.26 Å². The van der Waals surface area contributed by atoms with Gasteiger partial charge < -0.3 is 5.11 Å². The number of benzene rings is 1. The lowest BCUT2D eigenvalue weighted by molar-refractivity contribution is -0.150. The van der Waals surface area contributed by atoms with E-state index < -0.39 is 17.3 Å². The van der Waals surface area contributed by atoms with Crippen molar-refractivity contribution in [2.75, 3.05) is 6.54 Å². The summed E-state index contributed by atoms with van der Waals surface area (Å²) in [6.45, 7) is 3.01. The molecular formula is C16H19FN2O2.